The van der Waals surface area contributed by atoms with Crippen LogP contribution in [0.4, 0.5) is 11.4 Å². The Bertz CT molecular complexity index is 765. The number of hydrogen-bond donors (Lipinski definition) is 1. The van der Waals surface area contributed by atoms with Crippen LogP contribution >= 0.6 is 27.3 Å². The zero-order valence-corrected chi connectivity index (χ0v) is 14.3. The van der Waals surface area contributed by atoms with Crippen molar-refractivity contribution in [2.45, 2.75) is 13.0 Å². The van der Waals surface area contributed by atoms with Crippen molar-refractivity contribution in [2.75, 3.05) is 17.7 Å². The highest BCUT2D eigenvalue weighted by Crippen LogP contribution is 2.37. The minimum Gasteiger partial charge on any atom is -0.396 e. The molecule has 2 heterocycles. The molecule has 1 unspecified atom stereocenters. The summed E-state index contributed by atoms with van der Waals surface area (Å²) in [4.78, 5) is 7.95. The van der Waals surface area contributed by atoms with E-state index >= 15 is 0 Å². The largest absolute Gasteiger partial charge is 0.396 e. The number of aromatic nitrogens is 1. The molecule has 0 aliphatic rings. The molecule has 0 saturated heterocycles. The molecule has 0 aliphatic carbocycles. The molecule has 2 aromatic heterocycles. The van der Waals surface area contributed by atoms with E-state index in [1.54, 1.807) is 17.5 Å². The molecule has 0 bridgehead atoms. The van der Waals surface area contributed by atoms with Crippen molar-refractivity contribution in [1.29, 1.82) is 0 Å². The number of rotatable bonds is 3. The number of fused-ring (bicyclic) bond motifs is 1. The van der Waals surface area contributed by atoms with Crippen LogP contribution in [0.3, 0.4) is 0 Å². The Kier molecular flexibility index (Phi) is 3.87. The highest BCUT2D eigenvalue weighted by Gasteiger charge is 2.18. The van der Waals surface area contributed by atoms with Crippen LogP contribution < -0.4 is 10.6 Å². The number of hydrogen-bond acceptors (Lipinski definition) is 4. The molecule has 3 rings (SSSR count). The average Bonchev–Trinajstić information content (AvgIpc) is 2.99. The van der Waals surface area contributed by atoms with Crippen molar-refractivity contribution >= 4 is 49.5 Å². The van der Waals surface area contributed by atoms with Crippen molar-refractivity contribution in [3.05, 3.63) is 51.3 Å². The summed E-state index contributed by atoms with van der Waals surface area (Å²) in [6, 6.07) is 10.6. The molecule has 3 nitrogen and oxygen atoms in total. The molecule has 0 amide bonds. The van der Waals surface area contributed by atoms with Gasteiger partial charge in [0.05, 0.1) is 29.1 Å². The minimum atomic E-state index is 0.261. The van der Waals surface area contributed by atoms with Gasteiger partial charge in [0, 0.05) is 21.8 Å². The quantitative estimate of drug-likeness (QED) is 0.725. The third-order valence-corrected chi connectivity index (χ3v) is 5.25. The van der Waals surface area contributed by atoms with Crippen molar-refractivity contribution in [1.82, 2.24) is 4.98 Å². The molecule has 0 saturated carbocycles. The molecule has 108 valence electrons. The molecule has 0 spiro atoms. The standard InChI is InChI=1S/C16H16BrN3S/c1-10(15-4-3-7-21-15)20(2)16-12-8-11(17)5-6-14(12)19-9-13(16)18/h3-10H,18H2,1-2H3. The number of halogens is 1. The molecule has 5 heteroatoms. The molecular weight excluding hydrogens is 346 g/mol. The van der Waals surface area contributed by atoms with Crippen molar-refractivity contribution < 1.29 is 0 Å². The van der Waals surface area contributed by atoms with E-state index in [-0.39, 0.29) is 6.04 Å². The number of nitrogens with two attached hydrogens (primary N) is 1. The Labute approximate surface area is 136 Å². The lowest BCUT2D eigenvalue weighted by molar-refractivity contribution is 0.757. The van der Waals surface area contributed by atoms with Gasteiger partial charge >= 0.3 is 0 Å². The van der Waals surface area contributed by atoms with E-state index in [0.29, 0.717) is 5.69 Å². The van der Waals surface area contributed by atoms with Gasteiger partial charge in [-0.2, -0.15) is 0 Å². The van der Waals surface area contributed by atoms with Crippen LogP contribution in [-0.4, -0.2) is 12.0 Å². The second kappa shape index (κ2) is 5.66. The summed E-state index contributed by atoms with van der Waals surface area (Å²) in [6.45, 7) is 2.19. The van der Waals surface area contributed by atoms with Crippen molar-refractivity contribution in [3.8, 4) is 0 Å². The van der Waals surface area contributed by atoms with Crippen LogP contribution in [0.2, 0.25) is 0 Å². The Morgan fingerprint density at radius 2 is 2.14 bits per heavy atom. The number of anilines is 2. The predicted octanol–water partition coefficient (Wildman–Crippen LogP) is 4.84. The van der Waals surface area contributed by atoms with E-state index in [2.05, 4.69) is 63.4 Å². The summed E-state index contributed by atoms with van der Waals surface area (Å²) in [5, 5.41) is 3.17. The maximum Gasteiger partial charge on any atom is 0.0745 e. The summed E-state index contributed by atoms with van der Waals surface area (Å²) in [5.41, 5.74) is 8.89. The Morgan fingerprint density at radius 1 is 1.33 bits per heavy atom. The molecule has 1 aromatic carbocycles. The fourth-order valence-corrected chi connectivity index (χ4v) is 3.66. The third kappa shape index (κ3) is 2.63. The Morgan fingerprint density at radius 3 is 2.86 bits per heavy atom. The molecule has 3 aromatic rings. The number of pyridine rings is 1. The van der Waals surface area contributed by atoms with Crippen molar-refractivity contribution in [3.63, 3.8) is 0 Å². The SMILES string of the molecule is CC(c1cccs1)N(C)c1c(N)cnc2ccc(Br)cc12. The first kappa shape index (κ1) is 14.4. The van der Waals surface area contributed by atoms with Crippen LogP contribution in [-0.2, 0) is 0 Å². The van der Waals surface area contributed by atoms with E-state index in [1.165, 1.54) is 4.88 Å². The fourth-order valence-electron chi connectivity index (χ4n) is 2.47. The second-order valence-electron chi connectivity index (χ2n) is 5.03. The molecular formula is C16H16BrN3S. The van der Waals surface area contributed by atoms with Gasteiger partial charge in [-0.15, -0.1) is 11.3 Å². The lowest BCUT2D eigenvalue weighted by atomic mass is 10.1. The maximum atomic E-state index is 6.21. The molecule has 0 aliphatic heterocycles. The van der Waals surface area contributed by atoms with Crippen LogP contribution in [0.1, 0.15) is 17.8 Å². The van der Waals surface area contributed by atoms with E-state index in [1.807, 2.05) is 12.1 Å². The first-order chi connectivity index (χ1) is 10.1. The van der Waals surface area contributed by atoms with Gasteiger partial charge in [0.2, 0.25) is 0 Å². The number of thiophene rings is 1. The van der Waals surface area contributed by atoms with Crippen LogP contribution in [0.5, 0.6) is 0 Å². The number of nitrogen functional groups attached to an aromatic ring is 1. The normalized spacial score (nSPS) is 12.5. The van der Waals surface area contributed by atoms with Crippen LogP contribution in [0, 0.1) is 0 Å². The summed E-state index contributed by atoms with van der Waals surface area (Å²) in [6.07, 6.45) is 1.74. The zero-order valence-electron chi connectivity index (χ0n) is 11.9. The minimum absolute atomic E-state index is 0.261. The van der Waals surface area contributed by atoms with Crippen LogP contribution in [0.15, 0.2) is 46.4 Å². The predicted molar refractivity (Wildman–Crippen MR) is 95.0 cm³/mol. The second-order valence-corrected chi connectivity index (χ2v) is 6.92. The first-order valence-corrected chi connectivity index (χ1v) is 8.35. The van der Waals surface area contributed by atoms with E-state index in [4.69, 9.17) is 5.73 Å². The maximum absolute atomic E-state index is 6.21. The van der Waals surface area contributed by atoms with Gasteiger partial charge in [0.1, 0.15) is 0 Å². The number of nitrogens with zero attached hydrogens (tertiary/aromatic N) is 2. The summed E-state index contributed by atoms with van der Waals surface area (Å²) in [7, 11) is 2.08. The zero-order chi connectivity index (χ0) is 15.0. The van der Waals surface area contributed by atoms with E-state index in [0.717, 1.165) is 21.1 Å². The van der Waals surface area contributed by atoms with Gasteiger partial charge in [0.25, 0.3) is 0 Å². The van der Waals surface area contributed by atoms with Crippen LogP contribution in [0.25, 0.3) is 10.9 Å². The molecule has 1 atom stereocenters. The van der Waals surface area contributed by atoms with Gasteiger partial charge < -0.3 is 10.6 Å². The fraction of sp³-hybridized carbons (Fsp3) is 0.188. The summed E-state index contributed by atoms with van der Waals surface area (Å²) in [5.74, 6) is 0. The first-order valence-electron chi connectivity index (χ1n) is 6.68. The smallest absolute Gasteiger partial charge is 0.0745 e. The van der Waals surface area contributed by atoms with E-state index < -0.39 is 0 Å². The number of benzene rings is 1. The van der Waals surface area contributed by atoms with Gasteiger partial charge in [-0.25, -0.2) is 0 Å². The Balaban J connectivity index is 2.14. The summed E-state index contributed by atoms with van der Waals surface area (Å²) >= 11 is 5.29. The molecule has 2 N–H and O–H groups in total. The lowest BCUT2D eigenvalue weighted by Gasteiger charge is -2.28. The van der Waals surface area contributed by atoms with E-state index in [9.17, 15) is 0 Å². The molecule has 21 heavy (non-hydrogen) atoms. The summed E-state index contributed by atoms with van der Waals surface area (Å²) < 4.78 is 1.03. The van der Waals surface area contributed by atoms with Crippen molar-refractivity contribution in [2.24, 2.45) is 0 Å². The van der Waals surface area contributed by atoms with Gasteiger partial charge in [-0.1, -0.05) is 22.0 Å². The monoisotopic (exact) mass is 361 g/mol. The average molecular weight is 362 g/mol. The topological polar surface area (TPSA) is 42.1 Å². The van der Waals surface area contributed by atoms with Gasteiger partial charge in [0.15, 0.2) is 0 Å². The molecule has 0 fully saturated rings. The molecule has 0 radical (unpaired) electrons. The third-order valence-electron chi connectivity index (χ3n) is 3.72. The highest BCUT2D eigenvalue weighted by molar-refractivity contribution is 9.10. The highest BCUT2D eigenvalue weighted by atomic mass is 79.9. The Hall–Kier alpha value is -1.59. The van der Waals surface area contributed by atoms with Gasteiger partial charge in [-0.05, 0) is 36.6 Å². The van der Waals surface area contributed by atoms with Gasteiger partial charge in [-0.3, -0.25) is 4.98 Å². The lowest BCUT2D eigenvalue weighted by Crippen LogP contribution is -2.22.